The molecule has 2 heterocycles. The Hall–Kier alpha value is -4.52. The molecule has 12 heteroatoms. The zero-order valence-corrected chi connectivity index (χ0v) is 36.2. The molecule has 60 heavy (non-hydrogen) atoms. The molecule has 3 N–H and O–H groups in total. The van der Waals surface area contributed by atoms with Crippen molar-refractivity contribution in [1.82, 2.24) is 10.2 Å². The van der Waals surface area contributed by atoms with Crippen LogP contribution in [0.5, 0.6) is 5.75 Å². The van der Waals surface area contributed by atoms with Crippen molar-refractivity contribution in [3.05, 3.63) is 82.9 Å². The van der Waals surface area contributed by atoms with E-state index in [1.807, 2.05) is 36.4 Å². The molecule has 12 nitrogen and oxygen atoms in total. The van der Waals surface area contributed by atoms with Crippen molar-refractivity contribution in [2.75, 3.05) is 13.2 Å². The van der Waals surface area contributed by atoms with Gasteiger partial charge in [-0.05, 0) is 88.6 Å². The van der Waals surface area contributed by atoms with Crippen LogP contribution in [0.2, 0.25) is 0 Å². The van der Waals surface area contributed by atoms with Gasteiger partial charge in [-0.1, -0.05) is 88.1 Å². The molecule has 5 unspecified atom stereocenters. The highest BCUT2D eigenvalue weighted by atomic mass is 16.8. The number of nitrogens with zero attached hydrogens (tertiary/aromatic N) is 1. The van der Waals surface area contributed by atoms with E-state index in [1.165, 1.54) is 0 Å². The maximum absolute atomic E-state index is 14.5. The number of carbonyl (C=O) groups is 4. The summed E-state index contributed by atoms with van der Waals surface area (Å²) in [7, 11) is 0. The average molecular weight is 831 g/mol. The molecule has 2 aromatic rings. The number of ether oxygens (including phenoxy) is 4. The Morgan fingerprint density at radius 1 is 0.983 bits per heavy atom. The molecule has 2 saturated heterocycles. The number of phenolic OH excluding ortho intramolecular Hbond substituents is 1. The third-order valence-electron chi connectivity index (χ3n) is 11.3. The Morgan fingerprint density at radius 2 is 1.68 bits per heavy atom. The summed E-state index contributed by atoms with van der Waals surface area (Å²) < 4.78 is 25.4. The third-order valence-corrected chi connectivity index (χ3v) is 11.3. The molecular formula is C48H66N2O10. The van der Waals surface area contributed by atoms with Crippen LogP contribution in [-0.4, -0.2) is 93.8 Å². The number of esters is 2. The van der Waals surface area contributed by atoms with Crippen molar-refractivity contribution < 1.29 is 48.3 Å². The Bertz CT molecular complexity index is 1820. The number of carbonyl (C=O) groups excluding carboxylic acids is 4. The number of unbranched alkanes of at least 4 members (excludes halogenated alkanes) is 4. The number of allylic oxidation sites excluding steroid dienone is 1. The monoisotopic (exact) mass is 830 g/mol. The number of hydrogen-bond donors (Lipinski definition) is 3. The van der Waals surface area contributed by atoms with Gasteiger partial charge in [-0.2, -0.15) is 0 Å². The minimum absolute atomic E-state index is 0.0189. The summed E-state index contributed by atoms with van der Waals surface area (Å²) in [5.41, 5.74) is 1.49. The highest BCUT2D eigenvalue weighted by Gasteiger charge is 2.53. The molecule has 2 aromatic carbocycles. The smallest absolute Gasteiger partial charge is 0.339 e. The van der Waals surface area contributed by atoms with Crippen molar-refractivity contribution >= 4 is 29.8 Å². The molecule has 5 atom stereocenters. The predicted molar refractivity (Wildman–Crippen MR) is 229 cm³/mol. The van der Waals surface area contributed by atoms with E-state index >= 15 is 0 Å². The number of amides is 2. The van der Waals surface area contributed by atoms with E-state index in [9.17, 15) is 29.4 Å². The van der Waals surface area contributed by atoms with Crippen LogP contribution >= 0.6 is 0 Å². The predicted octanol–water partition coefficient (Wildman–Crippen LogP) is 7.73. The molecule has 2 fully saturated rings. The number of aliphatic hydroxyl groups excluding tert-OH is 1. The minimum Gasteiger partial charge on any atom is -0.508 e. The topological polar surface area (TPSA) is 161 Å². The SMILES string of the molecule is CCCCCC1(CCCCC)OC2C=C(C(=O)N3CCCC3C(=O)NC(CO)CCC(=O)OC(C)(C)C)CC(OC(=O)c3ccccc3C=CCc3ccccc3O)C2O1. The van der Waals surface area contributed by atoms with E-state index in [0.717, 1.165) is 44.1 Å². The highest BCUT2D eigenvalue weighted by Crippen LogP contribution is 2.44. The molecule has 1 aliphatic carbocycles. The highest BCUT2D eigenvalue weighted by molar-refractivity contribution is 5.98. The number of rotatable bonds is 20. The maximum Gasteiger partial charge on any atom is 0.339 e. The second-order valence-corrected chi connectivity index (χ2v) is 17.3. The fourth-order valence-corrected chi connectivity index (χ4v) is 8.27. The fourth-order valence-electron chi connectivity index (χ4n) is 8.27. The van der Waals surface area contributed by atoms with Crippen molar-refractivity contribution in [3.63, 3.8) is 0 Å². The van der Waals surface area contributed by atoms with Gasteiger partial charge in [0.2, 0.25) is 11.8 Å². The number of phenols is 1. The first-order chi connectivity index (χ1) is 28.8. The van der Waals surface area contributed by atoms with Crippen LogP contribution < -0.4 is 5.32 Å². The molecule has 0 bridgehead atoms. The first-order valence-electron chi connectivity index (χ1n) is 22.0. The second-order valence-electron chi connectivity index (χ2n) is 17.3. The van der Waals surface area contributed by atoms with Crippen LogP contribution in [0.3, 0.4) is 0 Å². The Kier molecular flexibility index (Phi) is 16.9. The number of para-hydroxylation sites is 1. The van der Waals surface area contributed by atoms with Gasteiger partial charge in [0.1, 0.15) is 35.7 Å². The molecule has 2 aliphatic heterocycles. The van der Waals surface area contributed by atoms with Crippen LogP contribution in [-0.2, 0) is 39.8 Å². The van der Waals surface area contributed by atoms with Gasteiger partial charge in [-0.25, -0.2) is 4.79 Å². The maximum atomic E-state index is 14.5. The van der Waals surface area contributed by atoms with E-state index in [1.54, 1.807) is 56.0 Å². The number of nitrogens with one attached hydrogen (secondary N) is 1. The lowest BCUT2D eigenvalue weighted by Gasteiger charge is -2.33. The number of aliphatic hydroxyl groups is 1. The standard InChI is InChI=1S/C48H66N2O10/c1-6-8-14-27-48(28-15-9-7-2)58-41-31-35(45(55)50-29-17-23-38(50)44(54)49-36(32-51)25-26-42(53)59-47(3,4)5)30-40(43(41)60-48)57-46(56)37-22-12-10-18-33(37)20-16-21-34-19-11-13-24-39(34)52/h10-13,16,18-20,22,24,31,36,38,40-41,43,51-52H,6-9,14-15,17,21,23,25-30,32H2,1-5H3,(H,49,54). The van der Waals surface area contributed by atoms with Gasteiger partial charge in [-0.15, -0.1) is 0 Å². The Balaban J connectivity index is 1.36. The molecule has 328 valence electrons. The van der Waals surface area contributed by atoms with E-state index in [0.29, 0.717) is 55.3 Å². The van der Waals surface area contributed by atoms with E-state index < -0.39 is 59.6 Å². The fraction of sp³-hybridized carbons (Fsp3) is 0.583. The van der Waals surface area contributed by atoms with Gasteiger partial charge in [0.25, 0.3) is 0 Å². The molecule has 0 saturated carbocycles. The minimum atomic E-state index is -0.891. The first-order valence-corrected chi connectivity index (χ1v) is 22.0. The molecule has 3 aliphatic rings. The molecule has 2 amide bonds. The Morgan fingerprint density at radius 3 is 2.37 bits per heavy atom. The molecule has 0 spiro atoms. The van der Waals surface area contributed by atoms with Gasteiger partial charge in [0.15, 0.2) is 5.79 Å². The summed E-state index contributed by atoms with van der Waals surface area (Å²) in [6, 6.07) is 12.8. The van der Waals surface area contributed by atoms with Crippen LogP contribution in [0.4, 0.5) is 0 Å². The van der Waals surface area contributed by atoms with Gasteiger partial charge >= 0.3 is 11.9 Å². The Labute approximate surface area is 355 Å². The zero-order chi connectivity index (χ0) is 43.3. The lowest BCUT2D eigenvalue weighted by atomic mass is 9.91. The third kappa shape index (κ3) is 12.8. The van der Waals surface area contributed by atoms with Crippen LogP contribution in [0.25, 0.3) is 6.08 Å². The quantitative estimate of drug-likeness (QED) is 0.0890. The van der Waals surface area contributed by atoms with Crippen LogP contribution in [0, 0.1) is 0 Å². The van der Waals surface area contributed by atoms with Crippen molar-refractivity contribution in [2.24, 2.45) is 0 Å². The van der Waals surface area contributed by atoms with Crippen molar-refractivity contribution in [2.45, 2.75) is 166 Å². The van der Waals surface area contributed by atoms with Crippen molar-refractivity contribution in [3.8, 4) is 5.75 Å². The van der Waals surface area contributed by atoms with E-state index in [-0.39, 0.29) is 37.5 Å². The van der Waals surface area contributed by atoms with Crippen molar-refractivity contribution in [1.29, 1.82) is 0 Å². The number of likely N-dealkylation sites (tertiary alicyclic amines) is 1. The number of benzene rings is 2. The van der Waals surface area contributed by atoms with Gasteiger partial charge < -0.3 is 39.4 Å². The number of hydrogen-bond acceptors (Lipinski definition) is 10. The second kappa shape index (κ2) is 21.8. The average Bonchev–Trinajstić information content (AvgIpc) is 3.85. The lowest BCUT2D eigenvalue weighted by Crippen LogP contribution is -2.51. The summed E-state index contributed by atoms with van der Waals surface area (Å²) in [5.74, 6) is -2.42. The van der Waals surface area contributed by atoms with Crippen LogP contribution in [0.15, 0.2) is 66.3 Å². The molecule has 0 radical (unpaired) electrons. The van der Waals surface area contributed by atoms with E-state index in [4.69, 9.17) is 18.9 Å². The molecule has 5 rings (SSSR count). The molecular weight excluding hydrogens is 765 g/mol. The van der Waals surface area contributed by atoms with Gasteiger partial charge in [0.05, 0.1) is 18.2 Å². The number of fused-ring (bicyclic) bond motifs is 1. The summed E-state index contributed by atoms with van der Waals surface area (Å²) >= 11 is 0. The summed E-state index contributed by atoms with van der Waals surface area (Å²) in [6.45, 7) is 9.60. The first kappa shape index (κ1) is 46.5. The normalized spacial score (nSPS) is 21.6. The largest absolute Gasteiger partial charge is 0.508 e. The van der Waals surface area contributed by atoms with Gasteiger partial charge in [0, 0.05) is 37.8 Å². The zero-order valence-electron chi connectivity index (χ0n) is 36.2. The lowest BCUT2D eigenvalue weighted by molar-refractivity contribution is -0.190. The van der Waals surface area contributed by atoms with E-state index in [2.05, 4.69) is 19.2 Å². The van der Waals surface area contributed by atoms with Gasteiger partial charge in [-0.3, -0.25) is 14.4 Å². The number of aromatic hydroxyl groups is 1. The summed E-state index contributed by atoms with van der Waals surface area (Å²) in [5, 5.41) is 23.2. The van der Waals surface area contributed by atoms with Crippen LogP contribution in [0.1, 0.15) is 140 Å². The summed E-state index contributed by atoms with van der Waals surface area (Å²) in [4.78, 5) is 56.2. The summed E-state index contributed by atoms with van der Waals surface area (Å²) in [6.07, 6.45) is 12.4. The molecule has 0 aromatic heterocycles.